The number of likely N-dealkylation sites (N-methyl/N-ethyl adjacent to an activating group) is 1. The van der Waals surface area contributed by atoms with Crippen LogP contribution in [-0.4, -0.2) is 53.4 Å². The number of nitrogens with zero attached hydrogens (tertiary/aromatic N) is 2. The zero-order valence-corrected chi connectivity index (χ0v) is 9.93. The van der Waals surface area contributed by atoms with Crippen molar-refractivity contribution >= 4 is 11.7 Å². The second-order valence-corrected chi connectivity index (χ2v) is 4.77. The molecule has 1 aromatic rings. The second kappa shape index (κ2) is 4.85. The molecule has 0 radical (unpaired) electrons. The molecule has 0 saturated carbocycles. The van der Waals surface area contributed by atoms with Gasteiger partial charge in [0.15, 0.2) is 12.4 Å². The Morgan fingerprint density at radius 2 is 2.59 bits per heavy atom. The Morgan fingerprint density at radius 1 is 1.76 bits per heavy atom. The number of quaternary nitrogens is 1. The Balaban J connectivity index is 1.93. The van der Waals surface area contributed by atoms with E-state index in [4.69, 9.17) is 0 Å². The number of nitrogens with one attached hydrogen (secondary N) is 1. The van der Waals surface area contributed by atoms with Crippen LogP contribution in [0.2, 0.25) is 0 Å². The molecule has 0 aromatic carbocycles. The highest BCUT2D eigenvalue weighted by Gasteiger charge is 2.39. The van der Waals surface area contributed by atoms with Gasteiger partial charge >= 0.3 is 0 Å². The molecule has 1 saturated heterocycles. The van der Waals surface area contributed by atoms with Crippen molar-refractivity contribution in [1.82, 2.24) is 5.16 Å². The fourth-order valence-corrected chi connectivity index (χ4v) is 2.47. The Kier molecular flexibility index (Phi) is 3.44. The number of amides is 1. The third-order valence-corrected chi connectivity index (χ3v) is 3.51. The minimum atomic E-state index is -0.0956. The number of rotatable bonds is 4. The van der Waals surface area contributed by atoms with Gasteiger partial charge in [0, 0.05) is 18.9 Å². The van der Waals surface area contributed by atoms with E-state index < -0.39 is 0 Å². The molecule has 1 aliphatic rings. The zero-order chi connectivity index (χ0) is 12.3. The first kappa shape index (κ1) is 12.1. The van der Waals surface area contributed by atoms with Crippen molar-refractivity contribution < 1.29 is 18.9 Å². The van der Waals surface area contributed by atoms with E-state index in [9.17, 15) is 9.90 Å². The molecule has 94 valence electrons. The lowest BCUT2D eigenvalue weighted by atomic mass is 10.2. The first-order valence-corrected chi connectivity index (χ1v) is 5.79. The Hall–Kier alpha value is -1.40. The van der Waals surface area contributed by atoms with Gasteiger partial charge < -0.3 is 19.4 Å². The Labute approximate surface area is 99.8 Å². The molecule has 0 spiro atoms. The quantitative estimate of drug-likeness (QED) is 0.738. The molecule has 0 aliphatic carbocycles. The third-order valence-electron chi connectivity index (χ3n) is 3.51. The van der Waals surface area contributed by atoms with Gasteiger partial charge in [-0.15, -0.1) is 0 Å². The average molecular weight is 240 g/mol. The highest BCUT2D eigenvalue weighted by Crippen LogP contribution is 2.24. The number of hydrogen-bond donors (Lipinski definition) is 2. The maximum absolute atomic E-state index is 11.8. The number of likely N-dealkylation sites (tertiary alicyclic amines) is 1. The minimum absolute atomic E-state index is 0.0956. The van der Waals surface area contributed by atoms with E-state index in [1.54, 1.807) is 6.07 Å². The Morgan fingerprint density at radius 3 is 3.24 bits per heavy atom. The molecule has 1 aromatic heterocycles. The smallest absolute Gasteiger partial charge is 0.280 e. The van der Waals surface area contributed by atoms with Crippen molar-refractivity contribution in [3.05, 3.63) is 12.3 Å². The van der Waals surface area contributed by atoms with Gasteiger partial charge in [-0.3, -0.25) is 4.79 Å². The van der Waals surface area contributed by atoms with Gasteiger partial charge in [0.2, 0.25) is 0 Å². The van der Waals surface area contributed by atoms with Gasteiger partial charge in [-0.1, -0.05) is 5.16 Å². The molecule has 1 aliphatic heterocycles. The summed E-state index contributed by atoms with van der Waals surface area (Å²) in [6.45, 7) is 1.42. The van der Waals surface area contributed by atoms with Gasteiger partial charge in [-0.25, -0.2) is 0 Å². The zero-order valence-electron chi connectivity index (χ0n) is 9.93. The van der Waals surface area contributed by atoms with E-state index in [0.717, 1.165) is 19.4 Å². The molecule has 2 heterocycles. The Bertz CT molecular complexity index is 379. The minimum Gasteiger partial charge on any atom is -0.390 e. The lowest BCUT2D eigenvalue weighted by Gasteiger charge is -2.34. The van der Waals surface area contributed by atoms with E-state index in [2.05, 4.69) is 15.0 Å². The van der Waals surface area contributed by atoms with Crippen molar-refractivity contribution in [1.29, 1.82) is 0 Å². The van der Waals surface area contributed by atoms with Crippen LogP contribution in [0, 0.1) is 0 Å². The number of aliphatic hydroxyl groups excluding tert-OH is 1. The van der Waals surface area contributed by atoms with Crippen LogP contribution in [0.5, 0.6) is 0 Å². The van der Waals surface area contributed by atoms with Gasteiger partial charge in [0.1, 0.15) is 12.3 Å². The second-order valence-electron chi connectivity index (χ2n) is 4.77. The van der Waals surface area contributed by atoms with Gasteiger partial charge in [-0.05, 0) is 0 Å². The van der Waals surface area contributed by atoms with Crippen molar-refractivity contribution in [3.63, 3.8) is 0 Å². The molecular formula is C11H18N3O3+. The highest BCUT2D eigenvalue weighted by molar-refractivity contribution is 5.90. The van der Waals surface area contributed by atoms with Crippen LogP contribution in [0.3, 0.4) is 0 Å². The summed E-state index contributed by atoms with van der Waals surface area (Å²) in [5, 5.41) is 15.6. The fourth-order valence-electron chi connectivity index (χ4n) is 2.47. The number of aromatic nitrogens is 1. The fraction of sp³-hybridized carbons (Fsp3) is 0.636. The standard InChI is InChI=1S/C11H17N3O3/c1-14(5-2-3-9(14)8-15)7-11(16)12-10-4-6-17-13-10/h4,6,9,15H,2-3,5,7-8H2,1H3/p+1/t9?,14-/m1/s1. The van der Waals surface area contributed by atoms with Crippen molar-refractivity contribution in [2.45, 2.75) is 18.9 Å². The molecule has 2 N–H and O–H groups in total. The van der Waals surface area contributed by atoms with Crippen molar-refractivity contribution in [2.24, 2.45) is 0 Å². The predicted molar refractivity (Wildman–Crippen MR) is 61.2 cm³/mol. The largest absolute Gasteiger partial charge is 0.390 e. The number of anilines is 1. The third kappa shape index (κ3) is 2.65. The first-order chi connectivity index (χ1) is 8.14. The lowest BCUT2D eigenvalue weighted by Crippen LogP contribution is -2.53. The molecule has 6 nitrogen and oxygen atoms in total. The first-order valence-electron chi connectivity index (χ1n) is 5.79. The molecule has 17 heavy (non-hydrogen) atoms. The summed E-state index contributed by atoms with van der Waals surface area (Å²) < 4.78 is 5.24. The SMILES string of the molecule is C[N@+]1(CC(=O)Nc2ccon2)CCCC1CO. The molecule has 1 fully saturated rings. The van der Waals surface area contributed by atoms with Gasteiger partial charge in [0.05, 0.1) is 20.2 Å². The van der Waals surface area contributed by atoms with Crippen LogP contribution < -0.4 is 5.32 Å². The van der Waals surface area contributed by atoms with E-state index in [1.165, 1.54) is 6.26 Å². The summed E-state index contributed by atoms with van der Waals surface area (Å²) in [5.74, 6) is 0.336. The molecule has 0 bridgehead atoms. The van der Waals surface area contributed by atoms with Gasteiger partial charge in [-0.2, -0.15) is 0 Å². The summed E-state index contributed by atoms with van der Waals surface area (Å²) in [5.41, 5.74) is 0. The summed E-state index contributed by atoms with van der Waals surface area (Å²) in [6, 6.07) is 1.77. The number of carbonyl (C=O) groups is 1. The number of aliphatic hydroxyl groups is 1. The van der Waals surface area contributed by atoms with Gasteiger partial charge in [0.25, 0.3) is 5.91 Å². The van der Waals surface area contributed by atoms with Crippen LogP contribution >= 0.6 is 0 Å². The monoisotopic (exact) mass is 240 g/mol. The van der Waals surface area contributed by atoms with E-state index in [-0.39, 0.29) is 18.6 Å². The topological polar surface area (TPSA) is 75.4 Å². The van der Waals surface area contributed by atoms with Crippen molar-refractivity contribution in [2.75, 3.05) is 32.1 Å². The number of carbonyl (C=O) groups excluding carboxylic acids is 1. The van der Waals surface area contributed by atoms with Crippen LogP contribution in [-0.2, 0) is 4.79 Å². The molecule has 6 heteroatoms. The van der Waals surface area contributed by atoms with Crippen LogP contribution in [0.4, 0.5) is 5.82 Å². The summed E-state index contributed by atoms with van der Waals surface area (Å²) in [4.78, 5) is 11.8. The summed E-state index contributed by atoms with van der Waals surface area (Å²) in [7, 11) is 2.01. The van der Waals surface area contributed by atoms with Crippen LogP contribution in [0.1, 0.15) is 12.8 Å². The normalized spacial score (nSPS) is 28.2. The van der Waals surface area contributed by atoms with E-state index in [1.807, 2.05) is 7.05 Å². The molecule has 2 rings (SSSR count). The predicted octanol–water partition coefficient (Wildman–Crippen LogP) is 0.214. The number of hydrogen-bond acceptors (Lipinski definition) is 4. The van der Waals surface area contributed by atoms with E-state index in [0.29, 0.717) is 16.8 Å². The molecule has 1 amide bonds. The highest BCUT2D eigenvalue weighted by atomic mass is 16.5. The molecule has 1 unspecified atom stereocenters. The van der Waals surface area contributed by atoms with E-state index >= 15 is 0 Å². The lowest BCUT2D eigenvalue weighted by molar-refractivity contribution is -0.913. The maximum Gasteiger partial charge on any atom is 0.280 e. The molecular weight excluding hydrogens is 222 g/mol. The van der Waals surface area contributed by atoms with Crippen LogP contribution in [0.15, 0.2) is 16.9 Å². The summed E-state index contributed by atoms with van der Waals surface area (Å²) >= 11 is 0. The van der Waals surface area contributed by atoms with Crippen LogP contribution in [0.25, 0.3) is 0 Å². The van der Waals surface area contributed by atoms with Crippen molar-refractivity contribution in [3.8, 4) is 0 Å². The summed E-state index contributed by atoms with van der Waals surface area (Å²) in [6.07, 6.45) is 3.45. The molecule has 2 atom stereocenters. The average Bonchev–Trinajstić information content (AvgIpc) is 2.87. The maximum atomic E-state index is 11.8.